The van der Waals surface area contributed by atoms with Gasteiger partial charge in [-0.15, -0.1) is 0 Å². The molecule has 0 aliphatic heterocycles. The summed E-state index contributed by atoms with van der Waals surface area (Å²) in [5.74, 6) is 0.105. The van der Waals surface area contributed by atoms with Gasteiger partial charge in [0.1, 0.15) is 11.6 Å². The van der Waals surface area contributed by atoms with Crippen LogP contribution in [-0.4, -0.2) is 44.5 Å². The quantitative estimate of drug-likeness (QED) is 0.594. The van der Waals surface area contributed by atoms with Gasteiger partial charge in [0.25, 0.3) is 10.0 Å². The van der Waals surface area contributed by atoms with Gasteiger partial charge >= 0.3 is 0 Å². The predicted octanol–water partition coefficient (Wildman–Crippen LogP) is 3.35. The Bertz CT molecular complexity index is 1010. The lowest BCUT2D eigenvalue weighted by Crippen LogP contribution is -2.15. The molecule has 0 amide bonds. The first kappa shape index (κ1) is 18.4. The molecular formula is C19H21FN2O3S. The van der Waals surface area contributed by atoms with Crippen molar-refractivity contribution < 1.29 is 17.5 Å². The second-order valence-electron chi connectivity index (χ2n) is 6.30. The van der Waals surface area contributed by atoms with E-state index < -0.39 is 15.8 Å². The highest BCUT2D eigenvalue weighted by molar-refractivity contribution is 7.90. The topological polar surface area (TPSA) is 51.5 Å². The predicted molar refractivity (Wildman–Crippen MR) is 99.6 cm³/mol. The Morgan fingerprint density at radius 3 is 2.69 bits per heavy atom. The van der Waals surface area contributed by atoms with Crippen molar-refractivity contribution in [3.8, 4) is 5.75 Å². The Kier molecular flexibility index (Phi) is 5.29. The zero-order valence-electron chi connectivity index (χ0n) is 14.7. The number of ether oxygens (including phenoxy) is 1. The van der Waals surface area contributed by atoms with Gasteiger partial charge in [-0.3, -0.25) is 0 Å². The normalized spacial score (nSPS) is 12.0. The molecule has 0 atom stereocenters. The molecule has 3 aromatic rings. The van der Waals surface area contributed by atoms with Gasteiger partial charge in [0.05, 0.1) is 17.0 Å². The number of fused-ring (bicyclic) bond motifs is 1. The Labute approximate surface area is 152 Å². The van der Waals surface area contributed by atoms with Gasteiger partial charge in [-0.25, -0.2) is 16.8 Å². The van der Waals surface area contributed by atoms with Crippen LogP contribution in [0.1, 0.15) is 6.42 Å². The van der Waals surface area contributed by atoms with E-state index in [2.05, 4.69) is 4.90 Å². The van der Waals surface area contributed by atoms with Gasteiger partial charge in [0, 0.05) is 24.2 Å². The van der Waals surface area contributed by atoms with E-state index in [1.54, 1.807) is 18.2 Å². The molecule has 3 rings (SSSR count). The maximum absolute atomic E-state index is 13.3. The number of aromatic nitrogens is 1. The average molecular weight is 376 g/mol. The molecule has 0 unspecified atom stereocenters. The van der Waals surface area contributed by atoms with Crippen LogP contribution in [-0.2, 0) is 10.0 Å². The molecule has 0 saturated carbocycles. The van der Waals surface area contributed by atoms with Crippen LogP contribution in [0.3, 0.4) is 0 Å². The molecule has 0 saturated heterocycles. The first-order valence-electron chi connectivity index (χ1n) is 8.28. The fraction of sp³-hybridized carbons (Fsp3) is 0.263. The minimum Gasteiger partial charge on any atom is -0.494 e. The lowest BCUT2D eigenvalue weighted by atomic mass is 10.2. The smallest absolute Gasteiger partial charge is 0.268 e. The molecule has 0 bridgehead atoms. The molecule has 0 N–H and O–H groups in total. The largest absolute Gasteiger partial charge is 0.494 e. The van der Waals surface area contributed by atoms with E-state index in [0.717, 1.165) is 16.9 Å². The summed E-state index contributed by atoms with van der Waals surface area (Å²) in [5, 5.41) is 0.532. The number of nitrogens with zero attached hydrogens (tertiary/aromatic N) is 2. The molecule has 0 radical (unpaired) electrons. The highest BCUT2D eigenvalue weighted by atomic mass is 32.2. The minimum absolute atomic E-state index is 0.129. The van der Waals surface area contributed by atoms with E-state index in [1.807, 2.05) is 14.1 Å². The number of benzene rings is 2. The molecule has 0 aliphatic rings. The minimum atomic E-state index is -3.80. The van der Waals surface area contributed by atoms with E-state index in [0.29, 0.717) is 23.3 Å². The van der Waals surface area contributed by atoms with Crippen LogP contribution < -0.4 is 4.74 Å². The zero-order valence-corrected chi connectivity index (χ0v) is 15.5. The fourth-order valence-corrected chi connectivity index (χ4v) is 4.10. The molecule has 26 heavy (non-hydrogen) atoms. The van der Waals surface area contributed by atoms with Crippen LogP contribution in [0.15, 0.2) is 59.6 Å². The Morgan fingerprint density at radius 1 is 1.12 bits per heavy atom. The van der Waals surface area contributed by atoms with Crippen molar-refractivity contribution in [3.05, 3.63) is 60.5 Å². The van der Waals surface area contributed by atoms with Crippen molar-refractivity contribution >= 4 is 20.9 Å². The molecule has 2 aromatic carbocycles. The summed E-state index contributed by atoms with van der Waals surface area (Å²) in [6.07, 6.45) is 2.28. The second-order valence-corrected chi connectivity index (χ2v) is 8.11. The van der Waals surface area contributed by atoms with Crippen LogP contribution in [0, 0.1) is 5.82 Å². The molecule has 138 valence electrons. The summed E-state index contributed by atoms with van der Waals surface area (Å²) < 4.78 is 46.1. The number of hydrogen-bond donors (Lipinski definition) is 0. The van der Waals surface area contributed by atoms with Gasteiger partial charge in [0.2, 0.25) is 0 Å². The average Bonchev–Trinajstić information content (AvgIpc) is 3.02. The first-order valence-corrected chi connectivity index (χ1v) is 9.72. The van der Waals surface area contributed by atoms with Gasteiger partial charge < -0.3 is 9.64 Å². The standard InChI is InChI=1S/C19H21FN2O3S/c1-21(2)10-4-12-25-17-5-3-6-18(14-17)26(23,24)22-11-9-15-13-16(20)7-8-19(15)22/h3,5-9,11,13-14H,4,10,12H2,1-2H3. The highest BCUT2D eigenvalue weighted by Gasteiger charge is 2.19. The number of rotatable bonds is 7. The lowest BCUT2D eigenvalue weighted by molar-refractivity contribution is 0.281. The fourth-order valence-electron chi connectivity index (χ4n) is 2.71. The van der Waals surface area contributed by atoms with E-state index in [-0.39, 0.29) is 4.90 Å². The molecular weight excluding hydrogens is 355 g/mol. The van der Waals surface area contributed by atoms with Crippen LogP contribution in [0.5, 0.6) is 5.75 Å². The van der Waals surface area contributed by atoms with Gasteiger partial charge in [-0.05, 0) is 56.9 Å². The van der Waals surface area contributed by atoms with E-state index in [9.17, 15) is 12.8 Å². The second kappa shape index (κ2) is 7.47. The van der Waals surface area contributed by atoms with Crippen LogP contribution >= 0.6 is 0 Å². The van der Waals surface area contributed by atoms with E-state index >= 15 is 0 Å². The van der Waals surface area contributed by atoms with Crippen molar-refractivity contribution in [2.45, 2.75) is 11.3 Å². The van der Waals surface area contributed by atoms with Crippen LogP contribution in [0.4, 0.5) is 4.39 Å². The maximum Gasteiger partial charge on any atom is 0.268 e. The molecule has 0 aliphatic carbocycles. The first-order chi connectivity index (χ1) is 12.4. The van der Waals surface area contributed by atoms with Crippen molar-refractivity contribution in [3.63, 3.8) is 0 Å². The third-order valence-corrected chi connectivity index (χ3v) is 5.68. The molecule has 0 spiro atoms. The maximum atomic E-state index is 13.3. The van der Waals surface area contributed by atoms with Gasteiger partial charge in [-0.2, -0.15) is 0 Å². The lowest BCUT2D eigenvalue weighted by Gasteiger charge is -2.12. The van der Waals surface area contributed by atoms with Crippen LogP contribution in [0.25, 0.3) is 10.9 Å². The van der Waals surface area contributed by atoms with Crippen molar-refractivity contribution in [2.75, 3.05) is 27.2 Å². The van der Waals surface area contributed by atoms with E-state index in [4.69, 9.17) is 4.74 Å². The summed E-state index contributed by atoms with van der Waals surface area (Å²) in [6, 6.07) is 12.0. The van der Waals surface area contributed by atoms with Gasteiger partial charge in [-0.1, -0.05) is 6.07 Å². The monoisotopic (exact) mass is 376 g/mol. The Balaban J connectivity index is 1.86. The molecule has 5 nitrogen and oxygen atoms in total. The Morgan fingerprint density at radius 2 is 1.92 bits per heavy atom. The summed E-state index contributed by atoms with van der Waals surface area (Å²) in [4.78, 5) is 2.19. The summed E-state index contributed by atoms with van der Waals surface area (Å²) in [6.45, 7) is 1.40. The Hall–Kier alpha value is -2.38. The number of halogens is 1. The van der Waals surface area contributed by atoms with Crippen molar-refractivity contribution in [2.24, 2.45) is 0 Å². The molecule has 7 heteroatoms. The third kappa shape index (κ3) is 3.89. The van der Waals surface area contributed by atoms with E-state index in [1.165, 1.54) is 36.5 Å². The van der Waals surface area contributed by atoms with Crippen LogP contribution in [0.2, 0.25) is 0 Å². The summed E-state index contributed by atoms with van der Waals surface area (Å²) >= 11 is 0. The van der Waals surface area contributed by atoms with Crippen molar-refractivity contribution in [1.29, 1.82) is 0 Å². The highest BCUT2D eigenvalue weighted by Crippen LogP contribution is 2.25. The third-order valence-electron chi connectivity index (χ3n) is 4.00. The molecule has 0 fully saturated rings. The molecule has 1 aromatic heterocycles. The summed E-state index contributed by atoms with van der Waals surface area (Å²) in [7, 11) is 0.178. The zero-order chi connectivity index (χ0) is 18.7. The summed E-state index contributed by atoms with van der Waals surface area (Å²) in [5.41, 5.74) is 0.434. The van der Waals surface area contributed by atoms with Crippen molar-refractivity contribution in [1.82, 2.24) is 8.87 Å². The molecule has 1 heterocycles. The number of hydrogen-bond acceptors (Lipinski definition) is 4. The SMILES string of the molecule is CN(C)CCCOc1cccc(S(=O)(=O)n2ccc3cc(F)ccc32)c1. The van der Waals surface area contributed by atoms with Gasteiger partial charge in [0.15, 0.2) is 0 Å².